The molecule has 0 fully saturated rings. The van der Waals surface area contributed by atoms with Gasteiger partial charge in [0.1, 0.15) is 0 Å². The molecular formula is C11H16N2O. The quantitative estimate of drug-likeness (QED) is 0.749. The first-order chi connectivity index (χ1) is 6.68. The van der Waals surface area contributed by atoms with E-state index in [1.165, 1.54) is 11.3 Å². The zero-order valence-electron chi connectivity index (χ0n) is 8.49. The molecule has 3 heteroatoms. The third-order valence-electron chi connectivity index (χ3n) is 2.72. The van der Waals surface area contributed by atoms with Gasteiger partial charge in [-0.25, -0.2) is 0 Å². The van der Waals surface area contributed by atoms with E-state index >= 15 is 0 Å². The van der Waals surface area contributed by atoms with Crippen molar-refractivity contribution in [3.63, 3.8) is 0 Å². The Morgan fingerprint density at radius 2 is 2.29 bits per heavy atom. The summed E-state index contributed by atoms with van der Waals surface area (Å²) >= 11 is 0. The number of rotatable bonds is 2. The average Bonchev–Trinajstić information content (AvgIpc) is 2.57. The Morgan fingerprint density at radius 1 is 1.50 bits per heavy atom. The fourth-order valence-corrected chi connectivity index (χ4v) is 2.12. The average molecular weight is 192 g/mol. The van der Waals surface area contributed by atoms with Crippen molar-refractivity contribution in [3.8, 4) is 0 Å². The number of nitrogens with zero attached hydrogens (tertiary/aromatic N) is 1. The standard InChI is InChI=1S/C11H16N2O/c1-8(12)7-13-10-4-2-3-9(10)5-6-11(13)14/h5-6,8H,2-4,7,12H2,1H3/t8-/m1/s1. The predicted octanol–water partition coefficient (Wildman–Crippen LogP) is 0.684. The summed E-state index contributed by atoms with van der Waals surface area (Å²) < 4.78 is 1.84. The molecule has 0 aliphatic heterocycles. The van der Waals surface area contributed by atoms with Crippen molar-refractivity contribution in [2.45, 2.75) is 38.8 Å². The van der Waals surface area contributed by atoms with Crippen LogP contribution in [-0.4, -0.2) is 10.6 Å². The van der Waals surface area contributed by atoms with Crippen molar-refractivity contribution in [2.24, 2.45) is 5.73 Å². The van der Waals surface area contributed by atoms with Gasteiger partial charge in [0.2, 0.25) is 0 Å². The van der Waals surface area contributed by atoms with Crippen molar-refractivity contribution in [1.29, 1.82) is 0 Å². The summed E-state index contributed by atoms with van der Waals surface area (Å²) in [6, 6.07) is 3.66. The fraction of sp³-hybridized carbons (Fsp3) is 0.545. The minimum atomic E-state index is 0.0415. The number of pyridine rings is 1. The summed E-state index contributed by atoms with van der Waals surface area (Å²) in [4.78, 5) is 11.6. The highest BCUT2D eigenvalue weighted by atomic mass is 16.1. The van der Waals surface area contributed by atoms with Crippen molar-refractivity contribution in [2.75, 3.05) is 0 Å². The molecule has 0 spiro atoms. The monoisotopic (exact) mass is 192 g/mol. The Labute approximate surface area is 83.5 Å². The largest absolute Gasteiger partial charge is 0.326 e. The van der Waals surface area contributed by atoms with Crippen LogP contribution >= 0.6 is 0 Å². The third kappa shape index (κ3) is 1.60. The molecule has 2 N–H and O–H groups in total. The molecule has 0 radical (unpaired) electrons. The molecule has 3 nitrogen and oxygen atoms in total. The molecule has 1 heterocycles. The number of aromatic nitrogens is 1. The van der Waals surface area contributed by atoms with E-state index in [4.69, 9.17) is 5.73 Å². The normalized spacial score (nSPS) is 16.7. The second kappa shape index (κ2) is 3.58. The molecule has 1 aromatic heterocycles. The summed E-state index contributed by atoms with van der Waals surface area (Å²) in [7, 11) is 0. The smallest absolute Gasteiger partial charge is 0.250 e. The first-order valence-electron chi connectivity index (χ1n) is 5.15. The SMILES string of the molecule is C[C@@H](N)Cn1c2c(ccc1=O)CCC2. The highest BCUT2D eigenvalue weighted by molar-refractivity contribution is 5.25. The van der Waals surface area contributed by atoms with Gasteiger partial charge in [-0.1, -0.05) is 6.07 Å². The minimum Gasteiger partial charge on any atom is -0.326 e. The second-order valence-corrected chi connectivity index (χ2v) is 4.08. The molecule has 1 aromatic rings. The number of aryl methyl sites for hydroxylation is 1. The van der Waals surface area contributed by atoms with Gasteiger partial charge in [-0.15, -0.1) is 0 Å². The van der Waals surface area contributed by atoms with Crippen LogP contribution in [0.1, 0.15) is 24.6 Å². The van der Waals surface area contributed by atoms with Gasteiger partial charge in [0, 0.05) is 24.3 Å². The maximum Gasteiger partial charge on any atom is 0.250 e. The highest BCUT2D eigenvalue weighted by Crippen LogP contribution is 2.19. The van der Waals surface area contributed by atoms with Gasteiger partial charge in [0.15, 0.2) is 0 Å². The lowest BCUT2D eigenvalue weighted by Gasteiger charge is -2.13. The Hall–Kier alpha value is -1.09. The minimum absolute atomic E-state index is 0.0415. The first-order valence-corrected chi connectivity index (χ1v) is 5.15. The fourth-order valence-electron chi connectivity index (χ4n) is 2.12. The summed E-state index contributed by atoms with van der Waals surface area (Å²) in [5.74, 6) is 0. The van der Waals surface area contributed by atoms with Crippen LogP contribution in [0.15, 0.2) is 16.9 Å². The van der Waals surface area contributed by atoms with E-state index in [0.717, 1.165) is 19.3 Å². The van der Waals surface area contributed by atoms with E-state index in [2.05, 4.69) is 0 Å². The molecule has 14 heavy (non-hydrogen) atoms. The Bertz CT molecular complexity index is 393. The molecule has 0 unspecified atom stereocenters. The van der Waals surface area contributed by atoms with Gasteiger partial charge in [0.05, 0.1) is 0 Å². The van der Waals surface area contributed by atoms with E-state index in [9.17, 15) is 4.79 Å². The molecule has 0 saturated carbocycles. The summed E-state index contributed by atoms with van der Waals surface area (Å²) in [5, 5.41) is 0. The van der Waals surface area contributed by atoms with Gasteiger partial charge in [-0.3, -0.25) is 4.79 Å². The van der Waals surface area contributed by atoms with Gasteiger partial charge in [-0.05, 0) is 31.7 Å². The second-order valence-electron chi connectivity index (χ2n) is 4.08. The van der Waals surface area contributed by atoms with Crippen LogP contribution in [0.25, 0.3) is 0 Å². The van der Waals surface area contributed by atoms with Crippen molar-refractivity contribution in [1.82, 2.24) is 4.57 Å². The number of hydrogen-bond acceptors (Lipinski definition) is 2. The van der Waals surface area contributed by atoms with Crippen LogP contribution in [0, 0.1) is 0 Å². The van der Waals surface area contributed by atoms with Crippen LogP contribution in [0.5, 0.6) is 0 Å². The summed E-state index contributed by atoms with van der Waals surface area (Å²) in [6.45, 7) is 2.57. The lowest BCUT2D eigenvalue weighted by atomic mass is 10.2. The summed E-state index contributed by atoms with van der Waals surface area (Å²) in [5.41, 5.74) is 8.34. The third-order valence-corrected chi connectivity index (χ3v) is 2.72. The molecule has 0 bridgehead atoms. The van der Waals surface area contributed by atoms with E-state index in [1.54, 1.807) is 6.07 Å². The van der Waals surface area contributed by atoms with Gasteiger partial charge in [0.25, 0.3) is 5.56 Å². The Balaban J connectivity index is 2.46. The molecule has 0 aromatic carbocycles. The van der Waals surface area contributed by atoms with Crippen LogP contribution < -0.4 is 11.3 Å². The van der Waals surface area contributed by atoms with Crippen LogP contribution in [0.4, 0.5) is 0 Å². The number of hydrogen-bond donors (Lipinski definition) is 1. The molecule has 1 aliphatic carbocycles. The lowest BCUT2D eigenvalue weighted by molar-refractivity contribution is 0.555. The topological polar surface area (TPSA) is 48.0 Å². The van der Waals surface area contributed by atoms with E-state index < -0.39 is 0 Å². The van der Waals surface area contributed by atoms with E-state index in [1.807, 2.05) is 17.6 Å². The molecule has 0 amide bonds. The van der Waals surface area contributed by atoms with Crippen molar-refractivity contribution in [3.05, 3.63) is 33.7 Å². The first kappa shape index (κ1) is 9.46. The maximum absolute atomic E-state index is 11.6. The number of nitrogens with two attached hydrogens (primary N) is 1. The van der Waals surface area contributed by atoms with Gasteiger partial charge >= 0.3 is 0 Å². The predicted molar refractivity (Wildman–Crippen MR) is 56.4 cm³/mol. The van der Waals surface area contributed by atoms with E-state index in [-0.39, 0.29) is 11.6 Å². The molecular weight excluding hydrogens is 176 g/mol. The maximum atomic E-state index is 11.6. The van der Waals surface area contributed by atoms with Crippen LogP contribution in [0.2, 0.25) is 0 Å². The van der Waals surface area contributed by atoms with Crippen LogP contribution in [0.3, 0.4) is 0 Å². The van der Waals surface area contributed by atoms with Crippen molar-refractivity contribution >= 4 is 0 Å². The number of fused-ring (bicyclic) bond motifs is 1. The van der Waals surface area contributed by atoms with Gasteiger partial charge < -0.3 is 10.3 Å². The molecule has 2 rings (SSSR count). The van der Waals surface area contributed by atoms with E-state index in [0.29, 0.717) is 6.54 Å². The lowest BCUT2D eigenvalue weighted by Crippen LogP contribution is -2.31. The Kier molecular flexibility index (Phi) is 2.42. The van der Waals surface area contributed by atoms with Crippen molar-refractivity contribution < 1.29 is 0 Å². The zero-order chi connectivity index (χ0) is 10.1. The summed E-state index contributed by atoms with van der Waals surface area (Å²) in [6.07, 6.45) is 3.30. The van der Waals surface area contributed by atoms with Gasteiger partial charge in [-0.2, -0.15) is 0 Å². The molecule has 1 aliphatic rings. The molecule has 76 valence electrons. The molecule has 0 saturated heterocycles. The van der Waals surface area contributed by atoms with Crippen LogP contribution in [-0.2, 0) is 19.4 Å². The Morgan fingerprint density at radius 3 is 3.00 bits per heavy atom. The zero-order valence-corrected chi connectivity index (χ0v) is 8.49. The highest BCUT2D eigenvalue weighted by Gasteiger charge is 2.15. The molecule has 1 atom stereocenters.